The number of rotatable bonds is 6. The molecular formula is C17H21NO2S. The molecule has 21 heavy (non-hydrogen) atoms. The van der Waals surface area contributed by atoms with Gasteiger partial charge in [-0.1, -0.05) is 61.5 Å². The average molecular weight is 303 g/mol. The second-order valence-electron chi connectivity index (χ2n) is 5.15. The number of sulfonamides is 1. The fourth-order valence-electron chi connectivity index (χ4n) is 2.26. The molecule has 0 heterocycles. The van der Waals surface area contributed by atoms with E-state index >= 15 is 0 Å². The zero-order valence-corrected chi connectivity index (χ0v) is 13.2. The van der Waals surface area contributed by atoms with Gasteiger partial charge in [-0.05, 0) is 30.0 Å². The monoisotopic (exact) mass is 303 g/mol. The molecule has 1 N–H and O–H groups in total. The average Bonchev–Trinajstić information content (AvgIpc) is 2.48. The second kappa shape index (κ2) is 6.87. The van der Waals surface area contributed by atoms with Crippen LogP contribution in [0.15, 0.2) is 54.6 Å². The molecule has 2 rings (SSSR count). The maximum atomic E-state index is 11.8. The Kier molecular flexibility index (Phi) is 5.15. The summed E-state index contributed by atoms with van der Waals surface area (Å²) in [4.78, 5) is 0. The van der Waals surface area contributed by atoms with Crippen molar-refractivity contribution in [1.29, 1.82) is 0 Å². The molecule has 1 atom stereocenters. The molecule has 0 aliphatic carbocycles. The molecule has 0 saturated heterocycles. The Morgan fingerprint density at radius 1 is 0.952 bits per heavy atom. The highest BCUT2D eigenvalue weighted by Crippen LogP contribution is 2.22. The second-order valence-corrected chi connectivity index (χ2v) is 7.02. The van der Waals surface area contributed by atoms with E-state index in [-0.39, 0.29) is 11.8 Å². The fraction of sp³-hybridized carbons (Fsp3) is 0.294. The molecule has 0 fully saturated rings. The lowest BCUT2D eigenvalue weighted by atomic mass is 10.0. The van der Waals surface area contributed by atoms with Crippen molar-refractivity contribution >= 4 is 10.0 Å². The number of nitrogens with one attached hydrogen (secondary N) is 1. The minimum Gasteiger partial charge on any atom is -0.212 e. The molecule has 2 aromatic rings. The highest BCUT2D eigenvalue weighted by molar-refractivity contribution is 7.89. The Labute approximate surface area is 127 Å². The summed E-state index contributed by atoms with van der Waals surface area (Å²) in [6.07, 6.45) is 0.620. The molecule has 0 aliphatic rings. The van der Waals surface area contributed by atoms with Gasteiger partial charge in [0.2, 0.25) is 10.0 Å². The minimum absolute atomic E-state index is 0.166. The lowest BCUT2D eigenvalue weighted by Gasteiger charge is -2.15. The topological polar surface area (TPSA) is 46.2 Å². The van der Waals surface area contributed by atoms with E-state index in [2.05, 4.69) is 16.9 Å². The summed E-state index contributed by atoms with van der Waals surface area (Å²) >= 11 is 0. The van der Waals surface area contributed by atoms with Crippen molar-refractivity contribution in [2.24, 2.45) is 0 Å². The largest absolute Gasteiger partial charge is 0.212 e. The van der Waals surface area contributed by atoms with Crippen LogP contribution in [0.5, 0.6) is 0 Å². The molecule has 0 aromatic heterocycles. The minimum atomic E-state index is -3.19. The summed E-state index contributed by atoms with van der Waals surface area (Å²) in [5.41, 5.74) is 3.25. The van der Waals surface area contributed by atoms with Crippen LogP contribution in [0.3, 0.4) is 0 Å². The van der Waals surface area contributed by atoms with Crippen molar-refractivity contribution in [2.45, 2.75) is 26.3 Å². The lowest BCUT2D eigenvalue weighted by Crippen LogP contribution is -2.28. The smallest absolute Gasteiger partial charge is 0.212 e. The van der Waals surface area contributed by atoms with Gasteiger partial charge in [0.25, 0.3) is 0 Å². The Balaban J connectivity index is 2.12. The van der Waals surface area contributed by atoms with Crippen LogP contribution < -0.4 is 4.72 Å². The first-order chi connectivity index (χ1) is 10.0. The van der Waals surface area contributed by atoms with E-state index in [0.717, 1.165) is 16.7 Å². The van der Waals surface area contributed by atoms with Crippen LogP contribution in [0.25, 0.3) is 11.1 Å². The van der Waals surface area contributed by atoms with Crippen molar-refractivity contribution in [3.05, 3.63) is 60.2 Å². The highest BCUT2D eigenvalue weighted by Gasteiger charge is 2.14. The third-order valence-corrected chi connectivity index (χ3v) is 5.01. The van der Waals surface area contributed by atoms with Gasteiger partial charge in [-0.2, -0.15) is 0 Å². The van der Waals surface area contributed by atoms with Gasteiger partial charge < -0.3 is 0 Å². The zero-order valence-electron chi connectivity index (χ0n) is 12.4. The maximum absolute atomic E-state index is 11.8. The third-order valence-electron chi connectivity index (χ3n) is 3.35. The van der Waals surface area contributed by atoms with Gasteiger partial charge >= 0.3 is 0 Å². The van der Waals surface area contributed by atoms with Crippen molar-refractivity contribution in [1.82, 2.24) is 4.72 Å². The number of hydrogen-bond donors (Lipinski definition) is 1. The fourth-order valence-corrected chi connectivity index (χ4v) is 3.59. The third kappa shape index (κ3) is 4.41. The van der Waals surface area contributed by atoms with E-state index in [0.29, 0.717) is 6.42 Å². The van der Waals surface area contributed by atoms with Gasteiger partial charge in [0, 0.05) is 6.04 Å². The van der Waals surface area contributed by atoms with Gasteiger partial charge in [-0.15, -0.1) is 0 Å². The summed E-state index contributed by atoms with van der Waals surface area (Å²) in [6, 6.07) is 17.9. The molecular weight excluding hydrogens is 282 g/mol. The molecule has 0 spiro atoms. The maximum Gasteiger partial charge on any atom is 0.212 e. The van der Waals surface area contributed by atoms with Gasteiger partial charge in [0.15, 0.2) is 0 Å². The molecule has 2 aromatic carbocycles. The summed E-state index contributed by atoms with van der Waals surface area (Å²) in [7, 11) is -3.19. The zero-order chi connectivity index (χ0) is 15.3. The lowest BCUT2D eigenvalue weighted by molar-refractivity contribution is 0.565. The summed E-state index contributed by atoms with van der Waals surface area (Å²) in [5, 5.41) is 0. The van der Waals surface area contributed by atoms with Gasteiger partial charge in [-0.3, -0.25) is 0 Å². The Morgan fingerprint density at radius 2 is 1.52 bits per heavy atom. The highest BCUT2D eigenvalue weighted by atomic mass is 32.2. The molecule has 0 bridgehead atoms. The van der Waals surface area contributed by atoms with Gasteiger partial charge in [-0.25, -0.2) is 13.1 Å². The molecule has 112 valence electrons. The summed E-state index contributed by atoms with van der Waals surface area (Å²) in [5.74, 6) is 0.166. The van der Waals surface area contributed by atoms with E-state index in [1.165, 1.54) is 0 Å². The van der Waals surface area contributed by atoms with E-state index in [1.54, 1.807) is 0 Å². The van der Waals surface area contributed by atoms with Crippen LogP contribution >= 0.6 is 0 Å². The van der Waals surface area contributed by atoms with E-state index < -0.39 is 10.0 Å². The molecule has 0 saturated carbocycles. The molecule has 3 nitrogen and oxygen atoms in total. The molecule has 0 radical (unpaired) electrons. The van der Waals surface area contributed by atoms with Crippen LogP contribution in [-0.4, -0.2) is 14.2 Å². The Morgan fingerprint density at radius 3 is 2.10 bits per heavy atom. The summed E-state index contributed by atoms with van der Waals surface area (Å²) in [6.45, 7) is 3.73. The van der Waals surface area contributed by atoms with Crippen molar-refractivity contribution in [2.75, 3.05) is 5.75 Å². The molecule has 4 heteroatoms. The van der Waals surface area contributed by atoms with Crippen LogP contribution in [0.1, 0.15) is 31.9 Å². The Hall–Kier alpha value is -1.65. The molecule has 0 aliphatic heterocycles. The van der Waals surface area contributed by atoms with E-state index in [1.807, 2.05) is 56.3 Å². The standard InChI is InChI=1S/C17H21NO2S/c1-3-13-21(19,20)18-14(2)15-9-11-17(12-10-15)16-7-5-4-6-8-16/h4-12,14,18H,3,13H2,1-2H3. The van der Waals surface area contributed by atoms with Gasteiger partial charge in [0.1, 0.15) is 0 Å². The van der Waals surface area contributed by atoms with Crippen molar-refractivity contribution < 1.29 is 8.42 Å². The normalized spacial score (nSPS) is 13.0. The van der Waals surface area contributed by atoms with Crippen molar-refractivity contribution in [3.8, 4) is 11.1 Å². The quantitative estimate of drug-likeness (QED) is 0.883. The first-order valence-electron chi connectivity index (χ1n) is 7.17. The van der Waals surface area contributed by atoms with Gasteiger partial charge in [0.05, 0.1) is 5.75 Å². The van der Waals surface area contributed by atoms with E-state index in [4.69, 9.17) is 0 Å². The molecule has 1 unspecified atom stereocenters. The first-order valence-corrected chi connectivity index (χ1v) is 8.82. The predicted molar refractivity (Wildman–Crippen MR) is 87.5 cm³/mol. The number of benzene rings is 2. The van der Waals surface area contributed by atoms with Crippen LogP contribution in [0, 0.1) is 0 Å². The molecule has 0 amide bonds. The predicted octanol–water partition coefficient (Wildman–Crippen LogP) is 3.74. The summed E-state index contributed by atoms with van der Waals surface area (Å²) < 4.78 is 26.3. The first kappa shape index (κ1) is 15.7. The van der Waals surface area contributed by atoms with E-state index in [9.17, 15) is 8.42 Å². The number of hydrogen-bond acceptors (Lipinski definition) is 2. The van der Waals surface area contributed by atoms with Crippen molar-refractivity contribution in [3.63, 3.8) is 0 Å². The SMILES string of the molecule is CCCS(=O)(=O)NC(C)c1ccc(-c2ccccc2)cc1. The van der Waals surface area contributed by atoms with Crippen LogP contribution in [-0.2, 0) is 10.0 Å². The van der Waals surface area contributed by atoms with Crippen LogP contribution in [0.4, 0.5) is 0 Å². The van der Waals surface area contributed by atoms with Crippen LogP contribution in [0.2, 0.25) is 0 Å². The Bertz CT molecular complexity index is 664.